The Kier molecular flexibility index (Phi) is 16.3. The summed E-state index contributed by atoms with van der Waals surface area (Å²) in [5, 5.41) is 0. The monoisotopic (exact) mass is 362 g/mol. The van der Waals surface area contributed by atoms with Crippen LogP contribution in [-0.2, 0) is 14.3 Å². The van der Waals surface area contributed by atoms with E-state index in [-0.39, 0.29) is 11.7 Å². The van der Waals surface area contributed by atoms with Crippen molar-refractivity contribution in [2.45, 2.75) is 111 Å². The lowest BCUT2D eigenvalue weighted by Crippen LogP contribution is -2.15. The average Bonchev–Trinajstić information content (AvgIpc) is 2.49. The van der Waals surface area contributed by atoms with Gasteiger partial charge in [0.05, 0.1) is 12.4 Å². The molecule has 0 heterocycles. The molecule has 0 saturated carbocycles. The van der Waals surface area contributed by atoms with Crippen LogP contribution in [0.25, 0.3) is 0 Å². The third-order valence-electron chi connectivity index (χ3n) is 4.30. The summed E-state index contributed by atoms with van der Waals surface area (Å²) in [5.74, 6) is 0.261. The largest absolute Gasteiger partial charge is 0.270 e. The summed E-state index contributed by atoms with van der Waals surface area (Å²) in [6, 6.07) is 0. The molecule has 0 unspecified atom stereocenters. The van der Waals surface area contributed by atoms with Gasteiger partial charge in [0, 0.05) is 0 Å². The van der Waals surface area contributed by atoms with Gasteiger partial charge in [-0.15, -0.1) is 0 Å². The van der Waals surface area contributed by atoms with Crippen LogP contribution in [0.5, 0.6) is 0 Å². The maximum Gasteiger partial charge on any atom is 0.267 e. The number of rotatable bonds is 18. The lowest BCUT2D eigenvalue weighted by molar-refractivity contribution is 0.304. The lowest BCUT2D eigenvalue weighted by atomic mass is 10.0. The quantitative estimate of drug-likeness (QED) is 0.207. The van der Waals surface area contributed by atoms with E-state index in [1.165, 1.54) is 77.0 Å². The Morgan fingerprint density at radius 2 is 1.04 bits per heavy atom. The maximum absolute atomic E-state index is 11.6. The van der Waals surface area contributed by atoms with Crippen LogP contribution in [-0.4, -0.2) is 20.8 Å². The van der Waals surface area contributed by atoms with Crippen LogP contribution in [0.2, 0.25) is 0 Å². The summed E-state index contributed by atoms with van der Waals surface area (Å²) in [4.78, 5) is 0. The molecule has 146 valence electrons. The molecular weight excluding hydrogens is 320 g/mol. The molecule has 0 aliphatic heterocycles. The Bertz CT molecular complexity index is 350. The maximum atomic E-state index is 11.6. The van der Waals surface area contributed by atoms with E-state index in [1.807, 2.05) is 13.8 Å². The first-order valence-corrected chi connectivity index (χ1v) is 11.9. The fraction of sp³-hybridized carbons (Fsp3) is 1.00. The van der Waals surface area contributed by atoms with Gasteiger partial charge in [-0.25, -0.2) is 0 Å². The smallest absolute Gasteiger partial charge is 0.267 e. The minimum absolute atomic E-state index is 0.131. The van der Waals surface area contributed by atoms with E-state index in [9.17, 15) is 8.42 Å². The number of hydrogen-bond acceptors (Lipinski definition) is 3. The van der Waals surface area contributed by atoms with Gasteiger partial charge in [-0.1, -0.05) is 104 Å². The van der Waals surface area contributed by atoms with Crippen molar-refractivity contribution < 1.29 is 12.6 Å². The molecule has 0 radical (unpaired) electrons. The van der Waals surface area contributed by atoms with Gasteiger partial charge >= 0.3 is 0 Å². The number of unbranched alkanes of at least 4 members (excludes halogenated alkanes) is 13. The normalized spacial score (nSPS) is 12.2. The van der Waals surface area contributed by atoms with Gasteiger partial charge in [-0.05, 0) is 12.3 Å². The van der Waals surface area contributed by atoms with E-state index >= 15 is 0 Å². The van der Waals surface area contributed by atoms with Gasteiger partial charge < -0.3 is 0 Å². The molecule has 0 fully saturated rings. The molecule has 0 rings (SSSR count). The van der Waals surface area contributed by atoms with Gasteiger partial charge in [0.25, 0.3) is 10.1 Å². The second-order valence-corrected chi connectivity index (χ2v) is 9.22. The fourth-order valence-electron chi connectivity index (χ4n) is 2.94. The Morgan fingerprint density at radius 3 is 1.42 bits per heavy atom. The molecule has 0 saturated heterocycles. The third kappa shape index (κ3) is 18.3. The first kappa shape index (κ1) is 23.9. The van der Waals surface area contributed by atoms with Crippen molar-refractivity contribution in [2.24, 2.45) is 5.92 Å². The Labute approximate surface area is 152 Å². The Hall–Kier alpha value is -0.0900. The number of hydrogen-bond donors (Lipinski definition) is 0. The van der Waals surface area contributed by atoms with E-state index in [1.54, 1.807) is 0 Å². The first-order chi connectivity index (χ1) is 11.5. The van der Waals surface area contributed by atoms with Crippen LogP contribution < -0.4 is 0 Å². The van der Waals surface area contributed by atoms with E-state index in [4.69, 9.17) is 4.18 Å². The highest BCUT2D eigenvalue weighted by atomic mass is 32.2. The molecule has 0 aromatic rings. The molecule has 4 heteroatoms. The standard InChI is InChI=1S/C20H42O3S/c1-4-5-6-7-8-9-10-11-12-13-14-15-16-17-18-23-24(21,22)19-20(2)3/h20H,4-19H2,1-3H3. The van der Waals surface area contributed by atoms with Crippen LogP contribution in [0, 0.1) is 5.92 Å². The average molecular weight is 363 g/mol. The van der Waals surface area contributed by atoms with Crippen molar-refractivity contribution in [3.8, 4) is 0 Å². The molecule has 0 N–H and O–H groups in total. The van der Waals surface area contributed by atoms with E-state index < -0.39 is 10.1 Å². The SMILES string of the molecule is CCCCCCCCCCCCCCCCOS(=O)(=O)CC(C)C. The summed E-state index contributed by atoms with van der Waals surface area (Å²) < 4.78 is 28.1. The van der Waals surface area contributed by atoms with Crippen LogP contribution >= 0.6 is 0 Å². The van der Waals surface area contributed by atoms with Crippen molar-refractivity contribution in [2.75, 3.05) is 12.4 Å². The fourth-order valence-corrected chi connectivity index (χ4v) is 4.22. The van der Waals surface area contributed by atoms with Crippen LogP contribution in [0.15, 0.2) is 0 Å². The van der Waals surface area contributed by atoms with E-state index in [0.717, 1.165) is 12.8 Å². The molecule has 0 aliphatic carbocycles. The van der Waals surface area contributed by atoms with E-state index in [0.29, 0.717) is 6.61 Å². The highest BCUT2D eigenvalue weighted by molar-refractivity contribution is 7.86. The molecule has 0 amide bonds. The van der Waals surface area contributed by atoms with Gasteiger partial charge in [-0.3, -0.25) is 4.18 Å². The molecule has 24 heavy (non-hydrogen) atoms. The molecular formula is C20H42O3S. The summed E-state index contributed by atoms with van der Waals surface area (Å²) in [5.41, 5.74) is 0. The zero-order valence-corrected chi connectivity index (χ0v) is 17.3. The van der Waals surface area contributed by atoms with Gasteiger partial charge in [0.2, 0.25) is 0 Å². The second-order valence-electron chi connectivity index (χ2n) is 7.54. The minimum Gasteiger partial charge on any atom is -0.270 e. The molecule has 3 nitrogen and oxygen atoms in total. The van der Waals surface area contributed by atoms with Crippen molar-refractivity contribution >= 4 is 10.1 Å². The Morgan fingerprint density at radius 1 is 0.667 bits per heavy atom. The van der Waals surface area contributed by atoms with Crippen molar-refractivity contribution in [3.05, 3.63) is 0 Å². The van der Waals surface area contributed by atoms with Crippen molar-refractivity contribution in [3.63, 3.8) is 0 Å². The summed E-state index contributed by atoms with van der Waals surface area (Å²) in [6.07, 6.45) is 18.3. The van der Waals surface area contributed by atoms with Crippen LogP contribution in [0.3, 0.4) is 0 Å². The minimum atomic E-state index is -3.30. The molecule has 0 atom stereocenters. The van der Waals surface area contributed by atoms with Gasteiger partial charge in [0.15, 0.2) is 0 Å². The second kappa shape index (κ2) is 16.4. The highest BCUT2D eigenvalue weighted by Crippen LogP contribution is 2.13. The molecule has 0 spiro atoms. The lowest BCUT2D eigenvalue weighted by Gasteiger charge is -2.07. The first-order valence-electron chi connectivity index (χ1n) is 10.3. The molecule has 0 bridgehead atoms. The van der Waals surface area contributed by atoms with Crippen molar-refractivity contribution in [1.29, 1.82) is 0 Å². The van der Waals surface area contributed by atoms with Crippen molar-refractivity contribution in [1.82, 2.24) is 0 Å². The summed E-state index contributed by atoms with van der Waals surface area (Å²) in [6.45, 7) is 6.41. The van der Waals surface area contributed by atoms with Gasteiger partial charge in [-0.2, -0.15) is 8.42 Å². The van der Waals surface area contributed by atoms with Crippen LogP contribution in [0.1, 0.15) is 111 Å². The topological polar surface area (TPSA) is 43.4 Å². The zero-order valence-electron chi connectivity index (χ0n) is 16.5. The summed E-state index contributed by atoms with van der Waals surface area (Å²) in [7, 11) is -3.30. The van der Waals surface area contributed by atoms with E-state index in [2.05, 4.69) is 6.92 Å². The Balaban J connectivity index is 3.20. The highest BCUT2D eigenvalue weighted by Gasteiger charge is 2.12. The summed E-state index contributed by atoms with van der Waals surface area (Å²) >= 11 is 0. The van der Waals surface area contributed by atoms with Gasteiger partial charge in [0.1, 0.15) is 0 Å². The molecule has 0 aromatic heterocycles. The van der Waals surface area contributed by atoms with Crippen LogP contribution in [0.4, 0.5) is 0 Å². The third-order valence-corrected chi connectivity index (χ3v) is 5.90. The zero-order chi connectivity index (χ0) is 18.1. The molecule has 0 aliphatic rings. The predicted octanol–water partition coefficient (Wildman–Crippen LogP) is 6.47. The predicted molar refractivity (Wildman–Crippen MR) is 105 cm³/mol. The molecule has 0 aromatic carbocycles.